The van der Waals surface area contributed by atoms with E-state index in [-0.39, 0.29) is 18.6 Å². The average molecular weight is 356 g/mol. The summed E-state index contributed by atoms with van der Waals surface area (Å²) >= 11 is 11.9. The van der Waals surface area contributed by atoms with Crippen LogP contribution in [0.5, 0.6) is 0 Å². The van der Waals surface area contributed by atoms with Crippen molar-refractivity contribution in [2.24, 2.45) is 5.41 Å². The molecule has 4 nitrogen and oxygen atoms in total. The monoisotopic (exact) mass is 355 g/mol. The van der Waals surface area contributed by atoms with Gasteiger partial charge in [0.05, 0.1) is 6.04 Å². The summed E-state index contributed by atoms with van der Waals surface area (Å²) in [6.07, 6.45) is 3.30. The third kappa shape index (κ3) is 3.20. The molecule has 124 valence electrons. The minimum absolute atomic E-state index is 0.0252. The highest BCUT2D eigenvalue weighted by molar-refractivity contribution is 6.53. The van der Waals surface area contributed by atoms with Gasteiger partial charge in [0.25, 0.3) is 5.91 Å². The Morgan fingerprint density at radius 3 is 2.74 bits per heavy atom. The van der Waals surface area contributed by atoms with Crippen molar-refractivity contribution in [2.75, 3.05) is 6.61 Å². The molecule has 0 bridgehead atoms. The number of benzene rings is 1. The Kier molecular flexibility index (Phi) is 4.32. The van der Waals surface area contributed by atoms with E-state index in [9.17, 15) is 9.59 Å². The second kappa shape index (κ2) is 5.99. The van der Waals surface area contributed by atoms with E-state index >= 15 is 0 Å². The number of halogens is 2. The van der Waals surface area contributed by atoms with Gasteiger partial charge >= 0.3 is 5.97 Å². The molecule has 0 saturated heterocycles. The van der Waals surface area contributed by atoms with Gasteiger partial charge in [0.2, 0.25) is 0 Å². The largest absolute Gasteiger partial charge is 0.455 e. The number of nitrogens with one attached hydrogen (secondary N) is 1. The highest BCUT2D eigenvalue weighted by Gasteiger charge is 2.69. The van der Waals surface area contributed by atoms with E-state index in [1.54, 1.807) is 6.92 Å². The lowest BCUT2D eigenvalue weighted by molar-refractivity contribution is -0.153. The highest BCUT2D eigenvalue weighted by atomic mass is 35.5. The number of hydrogen-bond acceptors (Lipinski definition) is 3. The van der Waals surface area contributed by atoms with Gasteiger partial charge in [-0.3, -0.25) is 9.59 Å². The summed E-state index contributed by atoms with van der Waals surface area (Å²) in [6, 6.07) is 8.07. The lowest BCUT2D eigenvalue weighted by atomic mass is 9.88. The number of fused-ring (bicyclic) bond motifs is 1. The number of carbonyl (C=O) groups excluding carboxylic acids is 2. The molecule has 1 aromatic rings. The first-order valence-electron chi connectivity index (χ1n) is 7.76. The molecule has 2 aliphatic carbocycles. The van der Waals surface area contributed by atoms with E-state index in [2.05, 4.69) is 11.4 Å². The van der Waals surface area contributed by atoms with Crippen LogP contribution in [0.1, 0.15) is 43.4 Å². The molecule has 3 rings (SSSR count). The van der Waals surface area contributed by atoms with E-state index in [1.807, 2.05) is 18.2 Å². The van der Waals surface area contributed by atoms with Gasteiger partial charge in [0, 0.05) is 6.42 Å². The molecule has 0 radical (unpaired) electrons. The maximum atomic E-state index is 12.1. The van der Waals surface area contributed by atoms with Crippen LogP contribution in [-0.4, -0.2) is 22.8 Å². The fourth-order valence-electron chi connectivity index (χ4n) is 3.05. The van der Waals surface area contributed by atoms with Gasteiger partial charge < -0.3 is 10.1 Å². The molecule has 2 atom stereocenters. The van der Waals surface area contributed by atoms with Crippen molar-refractivity contribution in [1.29, 1.82) is 0 Å². The highest BCUT2D eigenvalue weighted by Crippen LogP contribution is 2.64. The van der Waals surface area contributed by atoms with Crippen molar-refractivity contribution in [3.05, 3.63) is 35.4 Å². The summed E-state index contributed by atoms with van der Waals surface area (Å²) in [5, 5.41) is 2.94. The molecule has 1 fully saturated rings. The predicted molar refractivity (Wildman–Crippen MR) is 88.4 cm³/mol. The molecule has 2 unspecified atom stereocenters. The quantitative estimate of drug-likeness (QED) is 0.665. The van der Waals surface area contributed by atoms with Gasteiger partial charge in [-0.2, -0.15) is 0 Å². The summed E-state index contributed by atoms with van der Waals surface area (Å²) in [5.74, 6) is -0.833. The number of carbonyl (C=O) groups is 2. The Bertz CT molecular complexity index is 646. The molecule has 2 aliphatic rings. The number of aryl methyl sites for hydroxylation is 1. The Hall–Kier alpha value is -1.26. The first-order valence-corrected chi connectivity index (χ1v) is 8.51. The van der Waals surface area contributed by atoms with Crippen LogP contribution < -0.4 is 5.32 Å². The standard InChI is InChI=1S/C17H19Cl2NO3/c1-16(10-17(16,18)19)15(22)23-9-14(21)20-13-8-4-6-11-5-2-3-7-12(11)13/h2-3,5,7,13H,4,6,8-10H2,1H3,(H,20,21). The SMILES string of the molecule is CC1(C(=O)OCC(=O)NC2CCCc3ccccc32)CC1(Cl)Cl. The predicted octanol–water partition coefficient (Wildman–Crippen LogP) is 3.31. The zero-order chi connectivity index (χ0) is 16.7. The third-order valence-corrected chi connectivity index (χ3v) is 5.85. The molecule has 0 aromatic heterocycles. The van der Waals surface area contributed by atoms with Gasteiger partial charge in [-0.15, -0.1) is 23.2 Å². The van der Waals surface area contributed by atoms with Crippen molar-refractivity contribution in [3.8, 4) is 0 Å². The molecule has 23 heavy (non-hydrogen) atoms. The maximum absolute atomic E-state index is 12.1. The fraction of sp³-hybridized carbons (Fsp3) is 0.529. The van der Waals surface area contributed by atoms with Gasteiger partial charge in [-0.25, -0.2) is 0 Å². The van der Waals surface area contributed by atoms with E-state index in [0.29, 0.717) is 6.42 Å². The van der Waals surface area contributed by atoms with Crippen LogP contribution >= 0.6 is 23.2 Å². The van der Waals surface area contributed by atoms with Crippen molar-refractivity contribution in [3.63, 3.8) is 0 Å². The summed E-state index contributed by atoms with van der Waals surface area (Å²) in [7, 11) is 0. The third-order valence-electron chi connectivity index (χ3n) is 4.75. The normalized spacial score (nSPS) is 27.7. The lowest BCUT2D eigenvalue weighted by Crippen LogP contribution is -2.35. The van der Waals surface area contributed by atoms with Gasteiger partial charge in [0.15, 0.2) is 6.61 Å². The molecule has 1 saturated carbocycles. The molecule has 0 heterocycles. The molecule has 1 N–H and O–H groups in total. The summed E-state index contributed by atoms with van der Waals surface area (Å²) < 4.78 is 4.00. The van der Waals surface area contributed by atoms with Crippen LogP contribution in [-0.2, 0) is 20.7 Å². The summed E-state index contributed by atoms with van der Waals surface area (Å²) in [5.41, 5.74) is 1.50. The lowest BCUT2D eigenvalue weighted by Gasteiger charge is -2.26. The first-order chi connectivity index (χ1) is 10.8. The fourth-order valence-corrected chi connectivity index (χ4v) is 3.74. The Morgan fingerprint density at radius 1 is 1.35 bits per heavy atom. The van der Waals surface area contributed by atoms with Crippen LogP contribution in [0.15, 0.2) is 24.3 Å². The molecule has 0 aliphatic heterocycles. The topological polar surface area (TPSA) is 55.4 Å². The maximum Gasteiger partial charge on any atom is 0.315 e. The van der Waals surface area contributed by atoms with Crippen molar-refractivity contribution < 1.29 is 14.3 Å². The minimum atomic E-state index is -1.08. The molecule has 1 amide bonds. The Morgan fingerprint density at radius 2 is 2.04 bits per heavy atom. The number of amides is 1. The zero-order valence-electron chi connectivity index (χ0n) is 12.9. The van der Waals surface area contributed by atoms with Crippen LogP contribution in [0.2, 0.25) is 0 Å². The minimum Gasteiger partial charge on any atom is -0.455 e. The number of ether oxygens (including phenoxy) is 1. The smallest absolute Gasteiger partial charge is 0.315 e. The van der Waals surface area contributed by atoms with Gasteiger partial charge in [-0.1, -0.05) is 24.3 Å². The summed E-state index contributed by atoms with van der Waals surface area (Å²) in [6.45, 7) is 1.33. The zero-order valence-corrected chi connectivity index (χ0v) is 14.4. The van der Waals surface area contributed by atoms with E-state index in [0.717, 1.165) is 24.8 Å². The van der Waals surface area contributed by atoms with E-state index in [1.165, 1.54) is 5.56 Å². The number of hydrogen-bond donors (Lipinski definition) is 1. The molecular formula is C17H19Cl2NO3. The Balaban J connectivity index is 1.54. The second-order valence-corrected chi connectivity index (χ2v) is 7.98. The van der Waals surface area contributed by atoms with Crippen molar-refractivity contribution in [1.82, 2.24) is 5.32 Å². The van der Waals surface area contributed by atoms with E-state index < -0.39 is 15.7 Å². The van der Waals surface area contributed by atoms with Crippen molar-refractivity contribution >= 4 is 35.1 Å². The van der Waals surface area contributed by atoms with Crippen LogP contribution in [0.4, 0.5) is 0 Å². The van der Waals surface area contributed by atoms with E-state index in [4.69, 9.17) is 27.9 Å². The van der Waals surface area contributed by atoms with Gasteiger partial charge in [-0.05, 0) is 37.3 Å². The molecule has 1 aromatic carbocycles. The number of alkyl halides is 2. The molecular weight excluding hydrogens is 337 g/mol. The van der Waals surface area contributed by atoms with Crippen LogP contribution in [0, 0.1) is 5.41 Å². The van der Waals surface area contributed by atoms with Crippen molar-refractivity contribution in [2.45, 2.75) is 43.0 Å². The average Bonchev–Trinajstić information content (AvgIpc) is 3.05. The van der Waals surface area contributed by atoms with Crippen LogP contribution in [0.3, 0.4) is 0 Å². The first kappa shape index (κ1) is 16.6. The summed E-state index contributed by atoms with van der Waals surface area (Å²) in [4.78, 5) is 24.0. The van der Waals surface area contributed by atoms with Gasteiger partial charge in [0.1, 0.15) is 9.75 Å². The number of rotatable bonds is 4. The Labute approximate surface area is 145 Å². The second-order valence-electron chi connectivity index (χ2n) is 6.50. The number of esters is 1. The van der Waals surface area contributed by atoms with Crippen LogP contribution in [0.25, 0.3) is 0 Å². The molecule has 6 heteroatoms. The molecule has 0 spiro atoms.